The molecule has 1 aliphatic carbocycles. The number of hydrogen-bond acceptors (Lipinski definition) is 12. The second kappa shape index (κ2) is 19.5. The lowest BCUT2D eigenvalue weighted by atomic mass is 9.90. The average molecular weight is 757 g/mol. The maximum atomic E-state index is 13.7. The summed E-state index contributed by atoms with van der Waals surface area (Å²) in [6, 6.07) is 5.09. The molecule has 4 rings (SSSR count). The van der Waals surface area contributed by atoms with Gasteiger partial charge in [-0.25, -0.2) is 14.4 Å². The third-order valence-corrected chi connectivity index (χ3v) is 9.79. The molecule has 1 aromatic rings. The minimum absolute atomic E-state index is 0.0535. The molecule has 6 atom stereocenters. The van der Waals surface area contributed by atoms with Gasteiger partial charge >= 0.3 is 17.9 Å². The molecule has 2 aliphatic heterocycles. The largest absolute Gasteiger partial charge is 0.462 e. The SMILES string of the molecule is CCCCCC1(CCCCC)OC2C=C(C(=O)NC(C(=O)NCCO)C(C)O)CC(OC(=O)c3cccc(C=CC(=O)OC4C(=O)OCC4(C)C)c3)C2O1. The van der Waals surface area contributed by atoms with Crippen molar-refractivity contribution in [2.45, 2.75) is 135 Å². The van der Waals surface area contributed by atoms with E-state index in [1.807, 2.05) is 0 Å². The van der Waals surface area contributed by atoms with Gasteiger partial charge in [0.05, 0.1) is 18.3 Å². The van der Waals surface area contributed by atoms with E-state index in [2.05, 4.69) is 24.5 Å². The third-order valence-electron chi connectivity index (χ3n) is 9.79. The molecule has 2 amide bonds. The Hall–Kier alpha value is -4.11. The van der Waals surface area contributed by atoms with Crippen molar-refractivity contribution in [3.63, 3.8) is 0 Å². The lowest BCUT2D eigenvalue weighted by Gasteiger charge is -2.31. The number of unbranched alkanes of at least 4 members (excludes halogenated alkanes) is 4. The van der Waals surface area contributed by atoms with Gasteiger partial charge in [0.15, 0.2) is 5.79 Å². The van der Waals surface area contributed by atoms with Crippen LogP contribution in [0.3, 0.4) is 0 Å². The van der Waals surface area contributed by atoms with Crippen LogP contribution in [-0.2, 0) is 42.9 Å². The number of aliphatic hydroxyl groups is 2. The molecule has 0 spiro atoms. The molecule has 2 fully saturated rings. The summed E-state index contributed by atoms with van der Waals surface area (Å²) in [4.78, 5) is 64.7. The molecule has 6 unspecified atom stereocenters. The van der Waals surface area contributed by atoms with Gasteiger partial charge in [-0.3, -0.25) is 9.59 Å². The maximum Gasteiger partial charge on any atom is 0.348 e. The van der Waals surface area contributed by atoms with E-state index in [-0.39, 0.29) is 37.3 Å². The van der Waals surface area contributed by atoms with Crippen molar-refractivity contribution in [1.82, 2.24) is 10.6 Å². The Morgan fingerprint density at radius 1 is 1.04 bits per heavy atom. The van der Waals surface area contributed by atoms with Crippen molar-refractivity contribution < 1.29 is 57.9 Å². The third kappa shape index (κ3) is 11.2. The fraction of sp³-hybridized carbons (Fsp3) is 0.625. The second-order valence-corrected chi connectivity index (χ2v) is 14.9. The van der Waals surface area contributed by atoms with Gasteiger partial charge in [0.1, 0.15) is 31.0 Å². The monoisotopic (exact) mass is 756 g/mol. The first-order valence-corrected chi connectivity index (χ1v) is 19.0. The summed E-state index contributed by atoms with van der Waals surface area (Å²) in [6.45, 7) is 8.89. The lowest BCUT2D eigenvalue weighted by Crippen LogP contribution is -2.54. The number of aliphatic hydroxyl groups excluding tert-OH is 2. The van der Waals surface area contributed by atoms with Crippen LogP contribution in [0.1, 0.15) is 108 Å². The molecule has 54 heavy (non-hydrogen) atoms. The first-order valence-electron chi connectivity index (χ1n) is 19.0. The van der Waals surface area contributed by atoms with Crippen LogP contribution in [0, 0.1) is 5.41 Å². The van der Waals surface area contributed by atoms with Crippen LogP contribution in [0.25, 0.3) is 6.08 Å². The maximum absolute atomic E-state index is 13.7. The van der Waals surface area contributed by atoms with Crippen LogP contribution in [0.15, 0.2) is 42.0 Å². The van der Waals surface area contributed by atoms with Gasteiger partial charge in [-0.15, -0.1) is 0 Å². The molecule has 14 nitrogen and oxygen atoms in total. The van der Waals surface area contributed by atoms with Crippen molar-refractivity contribution in [2.24, 2.45) is 5.41 Å². The molecule has 0 radical (unpaired) electrons. The van der Waals surface area contributed by atoms with E-state index in [1.165, 1.54) is 25.1 Å². The van der Waals surface area contributed by atoms with Gasteiger partial charge in [-0.2, -0.15) is 0 Å². The van der Waals surface area contributed by atoms with Gasteiger partial charge in [0.25, 0.3) is 0 Å². The summed E-state index contributed by atoms with van der Waals surface area (Å²) in [5.41, 5.74) is 0.200. The quantitative estimate of drug-likeness (QED) is 0.0694. The average Bonchev–Trinajstić information content (AvgIpc) is 3.63. The van der Waals surface area contributed by atoms with E-state index in [0.29, 0.717) is 18.4 Å². The molecular weight excluding hydrogens is 700 g/mol. The Bertz CT molecular complexity index is 1540. The van der Waals surface area contributed by atoms with E-state index < -0.39 is 77.5 Å². The number of esters is 3. The minimum atomic E-state index is -1.31. The minimum Gasteiger partial charge on any atom is -0.462 e. The van der Waals surface area contributed by atoms with E-state index in [4.69, 9.17) is 28.8 Å². The van der Waals surface area contributed by atoms with Crippen molar-refractivity contribution in [1.29, 1.82) is 0 Å². The number of amides is 2. The first kappa shape index (κ1) is 42.6. The van der Waals surface area contributed by atoms with Gasteiger partial charge in [0.2, 0.25) is 17.9 Å². The van der Waals surface area contributed by atoms with Crippen molar-refractivity contribution in [2.75, 3.05) is 19.8 Å². The number of nitrogens with one attached hydrogen (secondary N) is 2. The molecule has 1 aromatic carbocycles. The molecule has 4 N–H and O–H groups in total. The van der Waals surface area contributed by atoms with E-state index >= 15 is 0 Å². The van der Waals surface area contributed by atoms with Gasteiger partial charge in [-0.05, 0) is 49.6 Å². The number of benzene rings is 1. The number of cyclic esters (lactones) is 1. The Morgan fingerprint density at radius 3 is 2.35 bits per heavy atom. The molecule has 2 saturated heterocycles. The standard InChI is InChI=1S/C40H56N2O12/c1-6-8-10-17-40(18-11-9-7-2)53-30-23-28(35(46)42-32(25(3)44)36(47)41-19-20-43)22-29(33(30)54-40)51-37(48)27-14-12-13-26(21-27)15-16-31(45)52-34-38(49)50-24-39(34,4)5/h12-16,21,23,25,29-30,32-34,43-44H,6-11,17-20,22,24H2,1-5H3,(H,41,47)(H,42,46). The Balaban J connectivity index is 1.55. The first-order chi connectivity index (χ1) is 25.7. The highest BCUT2D eigenvalue weighted by Gasteiger charge is 2.52. The normalized spacial score (nSPS) is 23.8. The highest BCUT2D eigenvalue weighted by Crippen LogP contribution is 2.43. The fourth-order valence-corrected chi connectivity index (χ4v) is 6.76. The van der Waals surface area contributed by atoms with Crippen LogP contribution >= 0.6 is 0 Å². The van der Waals surface area contributed by atoms with Crippen LogP contribution < -0.4 is 10.6 Å². The molecule has 14 heteroatoms. The number of carbonyl (C=O) groups excluding carboxylic acids is 5. The van der Waals surface area contributed by atoms with Crippen LogP contribution in [0.5, 0.6) is 0 Å². The van der Waals surface area contributed by atoms with E-state index in [0.717, 1.165) is 38.5 Å². The Labute approximate surface area is 317 Å². The summed E-state index contributed by atoms with van der Waals surface area (Å²) in [5.74, 6) is -4.29. The highest BCUT2D eigenvalue weighted by molar-refractivity contribution is 5.98. The smallest absolute Gasteiger partial charge is 0.348 e. The van der Waals surface area contributed by atoms with Crippen LogP contribution in [0.2, 0.25) is 0 Å². The number of hydrogen-bond donors (Lipinski definition) is 4. The van der Waals surface area contributed by atoms with Crippen molar-refractivity contribution in [3.05, 3.63) is 53.1 Å². The number of rotatable bonds is 19. The van der Waals surface area contributed by atoms with Crippen LogP contribution in [-0.4, -0.2) is 102 Å². The van der Waals surface area contributed by atoms with Crippen molar-refractivity contribution in [3.8, 4) is 0 Å². The Kier molecular flexibility index (Phi) is 15.4. The zero-order valence-electron chi connectivity index (χ0n) is 32.0. The molecule has 0 aromatic heterocycles. The molecule has 2 heterocycles. The second-order valence-electron chi connectivity index (χ2n) is 14.9. The predicted molar refractivity (Wildman–Crippen MR) is 196 cm³/mol. The predicted octanol–water partition coefficient (Wildman–Crippen LogP) is 3.67. The molecule has 0 saturated carbocycles. The summed E-state index contributed by atoms with van der Waals surface area (Å²) >= 11 is 0. The van der Waals surface area contributed by atoms with Gasteiger partial charge < -0.3 is 44.5 Å². The lowest BCUT2D eigenvalue weighted by molar-refractivity contribution is -0.190. The molecule has 3 aliphatic rings. The summed E-state index contributed by atoms with van der Waals surface area (Å²) < 4.78 is 29.8. The number of ether oxygens (including phenoxy) is 5. The summed E-state index contributed by atoms with van der Waals surface area (Å²) in [6.07, 6.45) is 6.44. The topological polar surface area (TPSA) is 196 Å². The number of carbonyl (C=O) groups is 5. The van der Waals surface area contributed by atoms with Crippen LogP contribution in [0.4, 0.5) is 0 Å². The Morgan fingerprint density at radius 2 is 1.74 bits per heavy atom. The van der Waals surface area contributed by atoms with E-state index in [9.17, 15) is 29.1 Å². The zero-order valence-corrected chi connectivity index (χ0v) is 32.0. The fourth-order valence-electron chi connectivity index (χ4n) is 6.76. The molecule has 298 valence electrons. The zero-order chi connectivity index (χ0) is 39.5. The number of fused-ring (bicyclic) bond motifs is 1. The summed E-state index contributed by atoms with van der Waals surface area (Å²) in [7, 11) is 0. The van der Waals surface area contributed by atoms with Gasteiger partial charge in [0, 0.05) is 42.9 Å². The van der Waals surface area contributed by atoms with Crippen molar-refractivity contribution >= 4 is 35.8 Å². The molecular formula is C40H56N2O12. The summed E-state index contributed by atoms with van der Waals surface area (Å²) in [5, 5.41) is 24.5. The highest BCUT2D eigenvalue weighted by atomic mass is 16.8. The molecule has 0 bridgehead atoms. The van der Waals surface area contributed by atoms with Gasteiger partial charge in [-0.1, -0.05) is 65.5 Å². The van der Waals surface area contributed by atoms with E-state index in [1.54, 1.807) is 38.1 Å².